The molecule has 1 saturated carbocycles. The number of pyridine rings is 1. The number of anilines is 1. The van der Waals surface area contributed by atoms with Crippen LogP contribution in [0.2, 0.25) is 0 Å². The summed E-state index contributed by atoms with van der Waals surface area (Å²) in [4.78, 5) is 3.45. The Morgan fingerprint density at radius 2 is 1.76 bits per heavy atom. The molecule has 6 heteroatoms. The molecule has 0 unspecified atom stereocenters. The van der Waals surface area contributed by atoms with E-state index in [1.807, 2.05) is 6.07 Å². The van der Waals surface area contributed by atoms with E-state index in [1.54, 1.807) is 16.6 Å². The van der Waals surface area contributed by atoms with E-state index < -0.39 is 10.0 Å². The third-order valence-electron chi connectivity index (χ3n) is 4.45. The molecular weight excluding hydrogens is 286 g/mol. The third-order valence-corrected chi connectivity index (χ3v) is 6.35. The van der Waals surface area contributed by atoms with Gasteiger partial charge in [0.25, 0.3) is 5.82 Å². The second-order valence-corrected chi connectivity index (χ2v) is 7.97. The van der Waals surface area contributed by atoms with Crippen LogP contribution in [0.4, 0.5) is 5.82 Å². The predicted molar refractivity (Wildman–Crippen MR) is 81.5 cm³/mol. The van der Waals surface area contributed by atoms with Gasteiger partial charge in [-0.1, -0.05) is 6.42 Å². The number of piperidine rings is 1. The summed E-state index contributed by atoms with van der Waals surface area (Å²) >= 11 is 0. The Morgan fingerprint density at radius 3 is 2.38 bits per heavy atom. The molecule has 21 heavy (non-hydrogen) atoms. The number of aromatic amines is 1. The molecule has 2 N–H and O–H groups in total. The zero-order valence-electron chi connectivity index (χ0n) is 12.3. The van der Waals surface area contributed by atoms with Gasteiger partial charge in [-0.3, -0.25) is 5.32 Å². The molecule has 0 atom stereocenters. The number of sulfonamides is 1. The highest BCUT2D eigenvalue weighted by atomic mass is 32.2. The average Bonchev–Trinajstić information content (AvgIpc) is 3.02. The van der Waals surface area contributed by atoms with Gasteiger partial charge in [-0.25, -0.2) is 13.4 Å². The van der Waals surface area contributed by atoms with Crippen LogP contribution in [-0.4, -0.2) is 31.9 Å². The zero-order valence-corrected chi connectivity index (χ0v) is 13.2. The highest BCUT2D eigenvalue weighted by molar-refractivity contribution is 7.89. The first-order valence-electron chi connectivity index (χ1n) is 7.95. The number of hydrogen-bond donors (Lipinski definition) is 1. The molecule has 0 aromatic carbocycles. The number of aromatic nitrogens is 1. The number of H-pyrrole nitrogens is 1. The standard InChI is InChI=1S/C15H23N3O2S/c19-21(20,18-10-4-1-5-11-18)14-8-9-15(16-12-14)17-13-6-2-3-7-13/h8-9,12-13H,1-7,10-11H2,(H,16,17)/p+1. The monoisotopic (exact) mass is 310 g/mol. The maximum atomic E-state index is 12.5. The van der Waals surface area contributed by atoms with E-state index in [1.165, 1.54) is 25.7 Å². The lowest BCUT2D eigenvalue weighted by Gasteiger charge is -2.25. The van der Waals surface area contributed by atoms with Gasteiger partial charge >= 0.3 is 0 Å². The summed E-state index contributed by atoms with van der Waals surface area (Å²) in [5.41, 5.74) is 0. The molecule has 2 aliphatic rings. The van der Waals surface area contributed by atoms with Crippen molar-refractivity contribution in [2.75, 3.05) is 18.4 Å². The molecule has 0 amide bonds. The van der Waals surface area contributed by atoms with Crippen LogP contribution in [0.1, 0.15) is 44.9 Å². The summed E-state index contributed by atoms with van der Waals surface area (Å²) in [6.07, 6.45) is 9.61. The minimum absolute atomic E-state index is 0.362. The van der Waals surface area contributed by atoms with E-state index in [0.717, 1.165) is 25.1 Å². The van der Waals surface area contributed by atoms with Crippen LogP contribution in [0.5, 0.6) is 0 Å². The van der Waals surface area contributed by atoms with Crippen molar-refractivity contribution >= 4 is 15.8 Å². The molecule has 2 heterocycles. The van der Waals surface area contributed by atoms with Crippen LogP contribution in [0, 0.1) is 0 Å². The Bertz CT molecular complexity index is 559. The molecular formula is C15H24N3O2S+. The van der Waals surface area contributed by atoms with Crippen molar-refractivity contribution in [1.29, 1.82) is 0 Å². The lowest BCUT2D eigenvalue weighted by atomic mass is 10.2. The molecule has 0 bridgehead atoms. The molecule has 1 aromatic rings. The molecule has 5 nitrogen and oxygen atoms in total. The number of nitrogens with one attached hydrogen (secondary N) is 2. The summed E-state index contributed by atoms with van der Waals surface area (Å²) in [6, 6.07) is 4.07. The minimum atomic E-state index is -3.33. The summed E-state index contributed by atoms with van der Waals surface area (Å²) in [5, 5.41) is 3.44. The van der Waals surface area contributed by atoms with Crippen LogP contribution in [0.3, 0.4) is 0 Å². The van der Waals surface area contributed by atoms with Crippen molar-refractivity contribution in [2.45, 2.75) is 55.9 Å². The normalized spacial score (nSPS) is 21.5. The summed E-state index contributed by atoms with van der Waals surface area (Å²) in [6.45, 7) is 1.29. The van der Waals surface area contributed by atoms with Gasteiger partial charge in [0, 0.05) is 19.2 Å². The van der Waals surface area contributed by atoms with Crippen LogP contribution in [0.15, 0.2) is 23.2 Å². The highest BCUT2D eigenvalue weighted by Crippen LogP contribution is 2.22. The van der Waals surface area contributed by atoms with Gasteiger partial charge in [-0.2, -0.15) is 4.31 Å². The highest BCUT2D eigenvalue weighted by Gasteiger charge is 2.27. The Morgan fingerprint density at radius 1 is 1.05 bits per heavy atom. The van der Waals surface area contributed by atoms with Gasteiger partial charge < -0.3 is 0 Å². The SMILES string of the molecule is O=S(=O)(c1ccc(NC2CCCC2)[nH+]c1)N1CCCCC1. The first-order valence-corrected chi connectivity index (χ1v) is 9.39. The average molecular weight is 310 g/mol. The van der Waals surface area contributed by atoms with Crippen molar-refractivity contribution in [3.8, 4) is 0 Å². The van der Waals surface area contributed by atoms with Gasteiger partial charge in [-0.15, -0.1) is 0 Å². The van der Waals surface area contributed by atoms with E-state index in [-0.39, 0.29) is 0 Å². The number of rotatable bonds is 4. The van der Waals surface area contributed by atoms with E-state index in [9.17, 15) is 8.42 Å². The largest absolute Gasteiger partial charge is 0.272 e. The molecule has 1 aromatic heterocycles. The van der Waals surface area contributed by atoms with Crippen molar-refractivity contribution in [2.24, 2.45) is 0 Å². The fourth-order valence-corrected chi connectivity index (χ4v) is 4.69. The molecule has 0 radical (unpaired) electrons. The lowest BCUT2D eigenvalue weighted by molar-refractivity contribution is -0.364. The molecule has 1 aliphatic carbocycles. The molecule has 0 spiro atoms. The third kappa shape index (κ3) is 3.37. The zero-order chi connectivity index (χ0) is 14.7. The number of nitrogens with zero attached hydrogens (tertiary/aromatic N) is 1. The quantitative estimate of drug-likeness (QED) is 0.925. The fourth-order valence-electron chi connectivity index (χ4n) is 3.21. The van der Waals surface area contributed by atoms with Gasteiger partial charge in [-0.05, 0) is 44.6 Å². The summed E-state index contributed by atoms with van der Waals surface area (Å²) in [5.74, 6) is 0.902. The molecule has 3 rings (SSSR count). The van der Waals surface area contributed by atoms with Crippen molar-refractivity contribution in [3.05, 3.63) is 18.3 Å². The predicted octanol–water partition coefficient (Wildman–Crippen LogP) is 2.03. The first-order chi connectivity index (χ1) is 10.2. The van der Waals surface area contributed by atoms with Crippen molar-refractivity contribution in [3.63, 3.8) is 0 Å². The second-order valence-electron chi connectivity index (χ2n) is 6.03. The van der Waals surface area contributed by atoms with Crippen molar-refractivity contribution < 1.29 is 13.4 Å². The Hall–Kier alpha value is -1.14. The molecule has 116 valence electrons. The van der Waals surface area contributed by atoms with Gasteiger partial charge in [0.2, 0.25) is 10.0 Å². The van der Waals surface area contributed by atoms with Crippen molar-refractivity contribution in [1.82, 2.24) is 4.31 Å². The van der Waals surface area contributed by atoms with E-state index in [4.69, 9.17) is 0 Å². The molecule has 1 saturated heterocycles. The van der Waals surface area contributed by atoms with E-state index in [2.05, 4.69) is 10.3 Å². The van der Waals surface area contributed by atoms with Crippen LogP contribution in [-0.2, 0) is 10.0 Å². The molecule has 1 aliphatic heterocycles. The maximum Gasteiger partial charge on any atom is 0.272 e. The molecule has 2 fully saturated rings. The smallest absolute Gasteiger partial charge is 0.272 e. The van der Waals surface area contributed by atoms with E-state index in [0.29, 0.717) is 24.0 Å². The van der Waals surface area contributed by atoms with Crippen LogP contribution < -0.4 is 10.3 Å². The Kier molecular flexibility index (Phi) is 4.45. The van der Waals surface area contributed by atoms with Gasteiger partial charge in [0.15, 0.2) is 0 Å². The van der Waals surface area contributed by atoms with E-state index >= 15 is 0 Å². The fraction of sp³-hybridized carbons (Fsp3) is 0.667. The topological polar surface area (TPSA) is 63.6 Å². The number of hydrogen-bond acceptors (Lipinski definition) is 3. The maximum absolute atomic E-state index is 12.5. The Labute approximate surface area is 126 Å². The first kappa shape index (κ1) is 14.8. The minimum Gasteiger partial charge on any atom is -0.272 e. The van der Waals surface area contributed by atoms with Gasteiger partial charge in [0.05, 0.1) is 6.04 Å². The summed E-state index contributed by atoms with van der Waals surface area (Å²) < 4.78 is 26.7. The summed E-state index contributed by atoms with van der Waals surface area (Å²) in [7, 11) is -3.33. The second kappa shape index (κ2) is 6.32. The van der Waals surface area contributed by atoms with Crippen LogP contribution >= 0.6 is 0 Å². The van der Waals surface area contributed by atoms with Crippen LogP contribution in [0.25, 0.3) is 0 Å². The van der Waals surface area contributed by atoms with Gasteiger partial charge in [0.1, 0.15) is 11.1 Å². The Balaban J connectivity index is 1.70. The lowest BCUT2D eigenvalue weighted by Crippen LogP contribution is -2.36.